The van der Waals surface area contributed by atoms with Crippen LogP contribution in [0.25, 0.3) is 0 Å². The van der Waals surface area contributed by atoms with E-state index in [1.54, 1.807) is 13.0 Å². The Morgan fingerprint density at radius 1 is 1.57 bits per heavy atom. The number of primary amides is 1. The van der Waals surface area contributed by atoms with E-state index in [-0.39, 0.29) is 18.4 Å². The molecule has 80 valence electrons. The number of nitrogens with two attached hydrogens (primary N) is 2. The molecule has 2 unspecified atom stereocenters. The Morgan fingerprint density at radius 2 is 2.14 bits per heavy atom. The Hall–Kier alpha value is -1.36. The summed E-state index contributed by atoms with van der Waals surface area (Å²) in [4.78, 5) is 21.8. The average molecular weight is 199 g/mol. The molecular formula is C9H17N3O2. The lowest BCUT2D eigenvalue weighted by Crippen LogP contribution is -2.45. The molecule has 0 rings (SSSR count). The summed E-state index contributed by atoms with van der Waals surface area (Å²) in [6.07, 6.45) is 2.10. The second kappa shape index (κ2) is 6.15. The number of hydrogen-bond acceptors (Lipinski definition) is 3. The molecule has 0 saturated carbocycles. The van der Waals surface area contributed by atoms with Crippen LogP contribution in [-0.2, 0) is 9.59 Å². The minimum atomic E-state index is -0.608. The van der Waals surface area contributed by atoms with Crippen LogP contribution >= 0.6 is 0 Å². The second-order valence-corrected chi connectivity index (χ2v) is 3.21. The lowest BCUT2D eigenvalue weighted by molar-refractivity contribution is -0.123. The maximum Gasteiger partial charge on any atom is 0.237 e. The number of carbonyl (C=O) groups is 2. The van der Waals surface area contributed by atoms with E-state index >= 15 is 0 Å². The van der Waals surface area contributed by atoms with Gasteiger partial charge in [-0.3, -0.25) is 9.59 Å². The van der Waals surface area contributed by atoms with Crippen molar-refractivity contribution in [3.63, 3.8) is 0 Å². The monoisotopic (exact) mass is 199 g/mol. The molecule has 5 N–H and O–H groups in total. The maximum atomic E-state index is 11.3. The fourth-order valence-electron chi connectivity index (χ4n) is 0.989. The van der Waals surface area contributed by atoms with E-state index in [9.17, 15) is 9.59 Å². The van der Waals surface area contributed by atoms with E-state index < -0.39 is 11.9 Å². The Balaban J connectivity index is 3.92. The van der Waals surface area contributed by atoms with Gasteiger partial charge in [0.15, 0.2) is 0 Å². The Bertz CT molecular complexity index is 228. The molecule has 0 aliphatic rings. The molecule has 0 bridgehead atoms. The Kier molecular flexibility index (Phi) is 5.55. The van der Waals surface area contributed by atoms with Crippen molar-refractivity contribution in [3.8, 4) is 0 Å². The highest BCUT2D eigenvalue weighted by Crippen LogP contribution is 1.93. The van der Waals surface area contributed by atoms with E-state index in [4.69, 9.17) is 11.5 Å². The third-order valence-corrected chi connectivity index (χ3v) is 1.65. The van der Waals surface area contributed by atoms with Crippen LogP contribution in [0.15, 0.2) is 12.7 Å². The summed E-state index contributed by atoms with van der Waals surface area (Å²) in [7, 11) is 0. The molecule has 0 saturated heterocycles. The van der Waals surface area contributed by atoms with Crippen LogP contribution in [0, 0.1) is 0 Å². The van der Waals surface area contributed by atoms with E-state index in [2.05, 4.69) is 11.9 Å². The van der Waals surface area contributed by atoms with Crippen molar-refractivity contribution >= 4 is 11.8 Å². The standard InChI is InChI=1S/C9H17N3O2/c1-3-4-7(10)9(14)12-6(2)5-8(11)13/h3,6-7H,1,4-5,10H2,2H3,(H2,11,13)(H,12,14). The van der Waals surface area contributed by atoms with Gasteiger partial charge in [0.2, 0.25) is 11.8 Å². The van der Waals surface area contributed by atoms with Crippen LogP contribution < -0.4 is 16.8 Å². The molecule has 0 aromatic carbocycles. The molecule has 0 aliphatic heterocycles. The molecule has 5 nitrogen and oxygen atoms in total. The van der Waals surface area contributed by atoms with Gasteiger partial charge in [-0.2, -0.15) is 0 Å². The summed E-state index contributed by atoms with van der Waals surface area (Å²) >= 11 is 0. The zero-order valence-electron chi connectivity index (χ0n) is 8.32. The number of amides is 2. The van der Waals surface area contributed by atoms with Crippen LogP contribution in [0.1, 0.15) is 19.8 Å². The summed E-state index contributed by atoms with van der Waals surface area (Å²) in [5, 5.41) is 2.58. The molecule has 5 heteroatoms. The first-order chi connectivity index (χ1) is 6.47. The Morgan fingerprint density at radius 3 is 2.57 bits per heavy atom. The third kappa shape index (κ3) is 5.31. The van der Waals surface area contributed by atoms with Gasteiger partial charge >= 0.3 is 0 Å². The number of rotatable bonds is 6. The van der Waals surface area contributed by atoms with Crippen LogP contribution in [0.5, 0.6) is 0 Å². The van der Waals surface area contributed by atoms with Crippen molar-refractivity contribution in [2.45, 2.75) is 31.8 Å². The summed E-state index contributed by atoms with van der Waals surface area (Å²) in [6.45, 7) is 5.17. The predicted molar refractivity (Wildman–Crippen MR) is 54.2 cm³/mol. The van der Waals surface area contributed by atoms with Crippen LogP contribution in [-0.4, -0.2) is 23.9 Å². The van der Waals surface area contributed by atoms with Gasteiger partial charge in [-0.1, -0.05) is 6.08 Å². The highest BCUT2D eigenvalue weighted by atomic mass is 16.2. The van der Waals surface area contributed by atoms with Crippen LogP contribution in [0.4, 0.5) is 0 Å². The quantitative estimate of drug-likeness (QED) is 0.492. The smallest absolute Gasteiger partial charge is 0.237 e. The summed E-state index contributed by atoms with van der Waals surface area (Å²) in [5.74, 6) is -0.742. The summed E-state index contributed by atoms with van der Waals surface area (Å²) in [6, 6.07) is -0.890. The number of nitrogens with one attached hydrogen (secondary N) is 1. The highest BCUT2D eigenvalue weighted by molar-refractivity contribution is 5.82. The van der Waals surface area contributed by atoms with Gasteiger partial charge in [0.25, 0.3) is 0 Å². The molecule has 2 amide bonds. The summed E-state index contributed by atoms with van der Waals surface area (Å²) < 4.78 is 0. The van der Waals surface area contributed by atoms with Crippen molar-refractivity contribution < 1.29 is 9.59 Å². The molecule has 0 spiro atoms. The summed E-state index contributed by atoms with van der Waals surface area (Å²) in [5.41, 5.74) is 10.5. The Labute approximate surface area is 83.5 Å². The molecule has 0 radical (unpaired) electrons. The molecule has 0 heterocycles. The largest absolute Gasteiger partial charge is 0.370 e. The second-order valence-electron chi connectivity index (χ2n) is 3.21. The van der Waals surface area contributed by atoms with Crippen molar-refractivity contribution in [2.24, 2.45) is 11.5 Å². The van der Waals surface area contributed by atoms with Gasteiger partial charge < -0.3 is 16.8 Å². The SMILES string of the molecule is C=CCC(N)C(=O)NC(C)CC(N)=O. The van der Waals surface area contributed by atoms with Crippen molar-refractivity contribution in [1.82, 2.24) is 5.32 Å². The first-order valence-electron chi connectivity index (χ1n) is 4.42. The van der Waals surface area contributed by atoms with E-state index in [1.165, 1.54) is 0 Å². The minimum absolute atomic E-state index is 0.118. The van der Waals surface area contributed by atoms with Gasteiger partial charge in [-0.05, 0) is 13.3 Å². The topological polar surface area (TPSA) is 98.2 Å². The van der Waals surface area contributed by atoms with E-state index in [0.717, 1.165) is 0 Å². The van der Waals surface area contributed by atoms with Gasteiger partial charge in [-0.25, -0.2) is 0 Å². The number of carbonyl (C=O) groups excluding carboxylic acids is 2. The van der Waals surface area contributed by atoms with E-state index in [0.29, 0.717) is 6.42 Å². The molecule has 2 atom stereocenters. The van der Waals surface area contributed by atoms with Crippen LogP contribution in [0.2, 0.25) is 0 Å². The molecular weight excluding hydrogens is 182 g/mol. The minimum Gasteiger partial charge on any atom is -0.370 e. The first-order valence-corrected chi connectivity index (χ1v) is 4.42. The highest BCUT2D eigenvalue weighted by Gasteiger charge is 2.15. The molecule has 14 heavy (non-hydrogen) atoms. The zero-order valence-corrected chi connectivity index (χ0v) is 8.32. The van der Waals surface area contributed by atoms with Crippen molar-refractivity contribution in [2.75, 3.05) is 0 Å². The normalized spacial score (nSPS) is 14.1. The predicted octanol–water partition coefficient (Wildman–Crippen LogP) is -0.730. The third-order valence-electron chi connectivity index (χ3n) is 1.65. The fraction of sp³-hybridized carbons (Fsp3) is 0.556. The lowest BCUT2D eigenvalue weighted by Gasteiger charge is -2.15. The molecule has 0 aromatic heterocycles. The maximum absolute atomic E-state index is 11.3. The first kappa shape index (κ1) is 12.6. The lowest BCUT2D eigenvalue weighted by atomic mass is 10.1. The van der Waals surface area contributed by atoms with Crippen molar-refractivity contribution in [3.05, 3.63) is 12.7 Å². The van der Waals surface area contributed by atoms with Crippen LogP contribution in [0.3, 0.4) is 0 Å². The number of hydrogen-bond donors (Lipinski definition) is 3. The van der Waals surface area contributed by atoms with E-state index in [1.807, 2.05) is 0 Å². The van der Waals surface area contributed by atoms with Crippen molar-refractivity contribution in [1.29, 1.82) is 0 Å². The fourth-order valence-corrected chi connectivity index (χ4v) is 0.989. The molecule has 0 aliphatic carbocycles. The zero-order chi connectivity index (χ0) is 11.1. The van der Waals surface area contributed by atoms with Gasteiger partial charge in [0, 0.05) is 12.5 Å². The van der Waals surface area contributed by atoms with Gasteiger partial charge in [0.1, 0.15) is 0 Å². The van der Waals surface area contributed by atoms with Gasteiger partial charge in [-0.15, -0.1) is 6.58 Å². The molecule has 0 fully saturated rings. The molecule has 0 aromatic rings. The average Bonchev–Trinajstić information content (AvgIpc) is 2.02. The van der Waals surface area contributed by atoms with Gasteiger partial charge in [0.05, 0.1) is 6.04 Å².